The number of β-amino-alcohol motifs (C(OH)–C–C–N with tert-alkyl or cyclic N) is 1. The molecule has 1 N–H and O–H groups in total. The summed E-state index contributed by atoms with van der Waals surface area (Å²) >= 11 is 0. The van der Waals surface area contributed by atoms with Gasteiger partial charge in [-0.1, -0.05) is 30.3 Å². The number of nitrogens with zero attached hydrogens (tertiary/aromatic N) is 5. The first-order valence-corrected chi connectivity index (χ1v) is 8.72. The Morgan fingerprint density at radius 3 is 2.65 bits per heavy atom. The van der Waals surface area contributed by atoms with Crippen LogP contribution in [0.25, 0.3) is 11.3 Å². The van der Waals surface area contributed by atoms with Crippen molar-refractivity contribution in [2.45, 2.75) is 25.7 Å². The lowest BCUT2D eigenvalue weighted by Crippen LogP contribution is -2.29. The Labute approximate surface area is 151 Å². The molecule has 26 heavy (non-hydrogen) atoms. The largest absolute Gasteiger partial charge is 0.482 e. The van der Waals surface area contributed by atoms with Crippen LogP contribution in [0.5, 0.6) is 5.75 Å². The van der Waals surface area contributed by atoms with E-state index >= 15 is 0 Å². The topological polar surface area (TPSA) is 76.3 Å². The number of ether oxygens (including phenoxy) is 1. The summed E-state index contributed by atoms with van der Waals surface area (Å²) in [5.41, 5.74) is 1.86. The van der Waals surface area contributed by atoms with Crippen molar-refractivity contribution in [3.05, 3.63) is 55.1 Å². The van der Waals surface area contributed by atoms with Crippen LogP contribution in [0, 0.1) is 0 Å². The van der Waals surface area contributed by atoms with E-state index in [1.54, 1.807) is 23.3 Å². The Morgan fingerprint density at radius 1 is 1.12 bits per heavy atom. The molecule has 2 aromatic heterocycles. The maximum Gasteiger partial charge on any atom is 0.157 e. The van der Waals surface area contributed by atoms with Gasteiger partial charge in [0, 0.05) is 18.7 Å². The molecule has 0 saturated carbocycles. The number of aliphatic hydroxyl groups excluding tert-OH is 1. The van der Waals surface area contributed by atoms with Crippen molar-refractivity contribution >= 4 is 5.82 Å². The molecular formula is C19H21N5O2. The van der Waals surface area contributed by atoms with E-state index in [0.29, 0.717) is 18.8 Å². The van der Waals surface area contributed by atoms with E-state index in [1.165, 1.54) is 0 Å². The van der Waals surface area contributed by atoms with Gasteiger partial charge in [-0.2, -0.15) is 5.10 Å². The van der Waals surface area contributed by atoms with E-state index < -0.39 is 6.10 Å². The first-order chi connectivity index (χ1) is 12.7. The average molecular weight is 351 g/mol. The summed E-state index contributed by atoms with van der Waals surface area (Å²) in [4.78, 5) is 11.0. The molecule has 1 aliphatic heterocycles. The van der Waals surface area contributed by atoms with Crippen LogP contribution in [0.4, 0.5) is 5.82 Å². The van der Waals surface area contributed by atoms with Crippen LogP contribution < -0.4 is 9.64 Å². The molecular weight excluding hydrogens is 330 g/mol. The maximum atomic E-state index is 10.3. The maximum absolute atomic E-state index is 10.3. The highest BCUT2D eigenvalue weighted by atomic mass is 16.5. The number of aryl methyl sites for hydroxylation is 1. The summed E-state index contributed by atoms with van der Waals surface area (Å²) in [6.07, 6.45) is 6.11. The van der Waals surface area contributed by atoms with Crippen molar-refractivity contribution in [2.75, 3.05) is 18.0 Å². The van der Waals surface area contributed by atoms with E-state index in [4.69, 9.17) is 4.74 Å². The van der Waals surface area contributed by atoms with Gasteiger partial charge < -0.3 is 14.7 Å². The van der Waals surface area contributed by atoms with Gasteiger partial charge in [-0.05, 0) is 6.92 Å². The van der Waals surface area contributed by atoms with Crippen LogP contribution in [0.2, 0.25) is 0 Å². The summed E-state index contributed by atoms with van der Waals surface area (Å²) in [6, 6.07) is 9.93. The minimum atomic E-state index is -0.587. The predicted octanol–water partition coefficient (Wildman–Crippen LogP) is 1.99. The molecule has 0 unspecified atom stereocenters. The highest BCUT2D eigenvalue weighted by Gasteiger charge is 2.34. The lowest BCUT2D eigenvalue weighted by Gasteiger charge is -2.17. The van der Waals surface area contributed by atoms with E-state index in [-0.39, 0.29) is 6.10 Å². The second-order valence-corrected chi connectivity index (χ2v) is 6.29. The lowest BCUT2D eigenvalue weighted by molar-refractivity contribution is 0.0737. The zero-order valence-corrected chi connectivity index (χ0v) is 14.6. The van der Waals surface area contributed by atoms with Crippen LogP contribution in [-0.4, -0.2) is 50.2 Å². The first-order valence-electron chi connectivity index (χ1n) is 8.72. The number of rotatable bonds is 5. The summed E-state index contributed by atoms with van der Waals surface area (Å²) in [6.45, 7) is 3.82. The Balaban J connectivity index is 1.44. The zero-order chi connectivity index (χ0) is 17.9. The second kappa shape index (κ2) is 7.13. The van der Waals surface area contributed by atoms with Crippen LogP contribution >= 0.6 is 0 Å². The molecule has 1 saturated heterocycles. The van der Waals surface area contributed by atoms with Crippen LogP contribution in [0.15, 0.2) is 55.1 Å². The number of aromatic nitrogens is 4. The Kier molecular flexibility index (Phi) is 4.53. The summed E-state index contributed by atoms with van der Waals surface area (Å²) < 4.78 is 7.69. The third-order valence-electron chi connectivity index (χ3n) is 4.49. The Bertz CT molecular complexity index is 850. The molecule has 7 heteroatoms. The van der Waals surface area contributed by atoms with Gasteiger partial charge in [-0.3, -0.25) is 9.67 Å². The molecule has 134 valence electrons. The van der Waals surface area contributed by atoms with Gasteiger partial charge in [-0.15, -0.1) is 0 Å². The van der Waals surface area contributed by atoms with Gasteiger partial charge in [0.1, 0.15) is 18.0 Å². The van der Waals surface area contributed by atoms with Crippen molar-refractivity contribution < 1.29 is 9.84 Å². The summed E-state index contributed by atoms with van der Waals surface area (Å²) in [5.74, 6) is 1.40. The first kappa shape index (κ1) is 16.5. The van der Waals surface area contributed by atoms with Crippen molar-refractivity contribution in [2.24, 2.45) is 0 Å². The van der Waals surface area contributed by atoms with Gasteiger partial charge in [0.15, 0.2) is 5.75 Å². The Hall–Kier alpha value is -2.93. The SMILES string of the molecule is CCn1cc(O[C@@H]2CN(c3cnc(-c4ccccc4)cn3)C[C@H]2O)cn1. The van der Waals surface area contributed by atoms with Gasteiger partial charge >= 0.3 is 0 Å². The zero-order valence-electron chi connectivity index (χ0n) is 14.6. The number of anilines is 1. The fourth-order valence-electron chi connectivity index (χ4n) is 3.06. The van der Waals surface area contributed by atoms with E-state index in [1.807, 2.05) is 48.4 Å². The number of benzene rings is 1. The molecule has 0 radical (unpaired) electrons. The molecule has 1 aliphatic rings. The second-order valence-electron chi connectivity index (χ2n) is 6.29. The van der Waals surface area contributed by atoms with Gasteiger partial charge in [0.05, 0.1) is 37.0 Å². The van der Waals surface area contributed by atoms with Crippen molar-refractivity contribution in [3.8, 4) is 17.0 Å². The van der Waals surface area contributed by atoms with E-state index in [9.17, 15) is 5.11 Å². The minimum absolute atomic E-state index is 0.319. The number of hydrogen-bond donors (Lipinski definition) is 1. The smallest absolute Gasteiger partial charge is 0.157 e. The highest BCUT2D eigenvalue weighted by molar-refractivity contribution is 5.58. The quantitative estimate of drug-likeness (QED) is 0.758. The van der Waals surface area contributed by atoms with E-state index in [0.717, 1.165) is 23.6 Å². The predicted molar refractivity (Wildman–Crippen MR) is 98.0 cm³/mol. The highest BCUT2D eigenvalue weighted by Crippen LogP contribution is 2.23. The van der Waals surface area contributed by atoms with Crippen molar-refractivity contribution in [1.29, 1.82) is 0 Å². The lowest BCUT2D eigenvalue weighted by atomic mass is 10.2. The molecule has 1 fully saturated rings. The third kappa shape index (κ3) is 3.39. The van der Waals surface area contributed by atoms with Crippen LogP contribution in [-0.2, 0) is 6.54 Å². The molecule has 2 atom stereocenters. The molecule has 3 aromatic rings. The van der Waals surface area contributed by atoms with E-state index in [2.05, 4.69) is 15.1 Å². The molecule has 1 aromatic carbocycles. The summed E-state index contributed by atoms with van der Waals surface area (Å²) in [7, 11) is 0. The molecule has 3 heterocycles. The van der Waals surface area contributed by atoms with Gasteiger partial charge in [0.2, 0.25) is 0 Å². The van der Waals surface area contributed by atoms with Gasteiger partial charge in [0.25, 0.3) is 0 Å². The molecule has 0 aliphatic carbocycles. The fraction of sp³-hybridized carbons (Fsp3) is 0.316. The molecule has 7 nitrogen and oxygen atoms in total. The molecule has 0 amide bonds. The summed E-state index contributed by atoms with van der Waals surface area (Å²) in [5, 5.41) is 14.5. The normalized spacial score (nSPS) is 19.7. The monoisotopic (exact) mass is 351 g/mol. The average Bonchev–Trinajstić information content (AvgIpc) is 3.30. The molecule has 0 bridgehead atoms. The van der Waals surface area contributed by atoms with Crippen molar-refractivity contribution in [3.63, 3.8) is 0 Å². The standard InChI is InChI=1S/C19H21N5O2/c1-2-24-11-15(8-22-24)26-18-13-23(12-17(18)25)19-10-20-16(9-21-19)14-6-4-3-5-7-14/h3-11,17-18,25H,2,12-13H2,1H3/t17-,18-/m1/s1. The third-order valence-corrected chi connectivity index (χ3v) is 4.49. The number of hydrogen-bond acceptors (Lipinski definition) is 6. The van der Waals surface area contributed by atoms with Gasteiger partial charge in [-0.25, -0.2) is 4.98 Å². The molecule has 0 spiro atoms. The van der Waals surface area contributed by atoms with Crippen LogP contribution in [0.1, 0.15) is 6.92 Å². The number of aliphatic hydroxyl groups is 1. The molecule has 4 rings (SSSR count). The van der Waals surface area contributed by atoms with Crippen molar-refractivity contribution in [1.82, 2.24) is 19.7 Å². The Morgan fingerprint density at radius 2 is 1.96 bits per heavy atom. The minimum Gasteiger partial charge on any atom is -0.482 e. The fourth-order valence-corrected chi connectivity index (χ4v) is 3.06. The van der Waals surface area contributed by atoms with Crippen LogP contribution in [0.3, 0.4) is 0 Å².